The Morgan fingerprint density at radius 1 is 1.19 bits per heavy atom. The van der Waals surface area contributed by atoms with Crippen molar-refractivity contribution < 1.29 is 9.90 Å². The Morgan fingerprint density at radius 3 is 2.62 bits per heavy atom. The zero-order valence-corrected chi connectivity index (χ0v) is 12.5. The van der Waals surface area contributed by atoms with E-state index >= 15 is 0 Å². The summed E-state index contributed by atoms with van der Waals surface area (Å²) in [5.41, 5.74) is 3.58. The summed E-state index contributed by atoms with van der Waals surface area (Å²) in [6, 6.07) is 12.7. The summed E-state index contributed by atoms with van der Waals surface area (Å²) in [5, 5.41) is 15.6. The second-order valence-electron chi connectivity index (χ2n) is 5.07. The maximum atomic E-state index is 11.7. The zero-order valence-electron chi connectivity index (χ0n) is 12.5. The van der Waals surface area contributed by atoms with Gasteiger partial charge in [-0.25, -0.2) is 0 Å². The fourth-order valence-electron chi connectivity index (χ4n) is 2.17. The number of aryl methyl sites for hydroxylation is 1. The highest BCUT2D eigenvalue weighted by molar-refractivity contribution is 5.95. The maximum absolute atomic E-state index is 11.7. The summed E-state index contributed by atoms with van der Waals surface area (Å²) in [6.07, 6.45) is 0. The van der Waals surface area contributed by atoms with E-state index in [0.29, 0.717) is 5.56 Å². The minimum Gasteiger partial charge on any atom is -0.508 e. The molecule has 21 heavy (non-hydrogen) atoms. The smallest absolute Gasteiger partial charge is 0.251 e. The molecule has 110 valence electrons. The van der Waals surface area contributed by atoms with Gasteiger partial charge in [0.1, 0.15) is 5.75 Å². The van der Waals surface area contributed by atoms with Crippen molar-refractivity contribution >= 4 is 11.6 Å². The first-order valence-corrected chi connectivity index (χ1v) is 6.89. The quantitative estimate of drug-likeness (QED) is 0.807. The van der Waals surface area contributed by atoms with Gasteiger partial charge in [0.2, 0.25) is 0 Å². The van der Waals surface area contributed by atoms with Gasteiger partial charge in [0.15, 0.2) is 0 Å². The van der Waals surface area contributed by atoms with Gasteiger partial charge in [-0.1, -0.05) is 18.2 Å². The Labute approximate surface area is 124 Å². The largest absolute Gasteiger partial charge is 0.508 e. The van der Waals surface area contributed by atoms with Gasteiger partial charge in [-0.05, 0) is 49.2 Å². The lowest BCUT2D eigenvalue weighted by atomic mass is 10.1. The molecule has 1 amide bonds. The second kappa shape index (κ2) is 6.31. The van der Waals surface area contributed by atoms with Crippen LogP contribution in [0, 0.1) is 6.92 Å². The number of nitrogens with one attached hydrogen (secondary N) is 2. The van der Waals surface area contributed by atoms with Crippen LogP contribution in [0.4, 0.5) is 5.69 Å². The lowest BCUT2D eigenvalue weighted by Crippen LogP contribution is -2.18. The van der Waals surface area contributed by atoms with Gasteiger partial charge in [0.05, 0.1) is 0 Å². The van der Waals surface area contributed by atoms with Gasteiger partial charge in [0, 0.05) is 24.3 Å². The first kappa shape index (κ1) is 14.9. The number of carbonyl (C=O) groups is 1. The average Bonchev–Trinajstić information content (AvgIpc) is 2.48. The molecule has 2 aromatic carbocycles. The Balaban J connectivity index is 2.24. The van der Waals surface area contributed by atoms with Gasteiger partial charge in [-0.2, -0.15) is 0 Å². The number of anilines is 1. The molecule has 4 nitrogen and oxygen atoms in total. The molecule has 0 radical (unpaired) electrons. The minimum absolute atomic E-state index is 0.0238. The van der Waals surface area contributed by atoms with Crippen LogP contribution in [-0.4, -0.2) is 18.1 Å². The molecule has 3 N–H and O–H groups in total. The van der Waals surface area contributed by atoms with Crippen molar-refractivity contribution in [2.75, 3.05) is 12.4 Å². The summed E-state index contributed by atoms with van der Waals surface area (Å²) < 4.78 is 0. The van der Waals surface area contributed by atoms with E-state index in [1.807, 2.05) is 38.1 Å². The molecule has 0 saturated heterocycles. The van der Waals surface area contributed by atoms with Gasteiger partial charge in [0.25, 0.3) is 5.91 Å². The van der Waals surface area contributed by atoms with E-state index in [-0.39, 0.29) is 17.7 Å². The summed E-state index contributed by atoms with van der Waals surface area (Å²) in [5.74, 6) is 0.139. The first-order chi connectivity index (χ1) is 10.0. The van der Waals surface area contributed by atoms with Crippen LogP contribution in [0.25, 0.3) is 0 Å². The van der Waals surface area contributed by atoms with Crippen molar-refractivity contribution in [1.82, 2.24) is 5.32 Å². The number of benzene rings is 2. The monoisotopic (exact) mass is 284 g/mol. The van der Waals surface area contributed by atoms with Crippen LogP contribution in [0.1, 0.15) is 34.5 Å². The molecule has 0 aliphatic heterocycles. The van der Waals surface area contributed by atoms with Crippen molar-refractivity contribution in [3.05, 3.63) is 59.2 Å². The van der Waals surface area contributed by atoms with Crippen LogP contribution in [0.15, 0.2) is 42.5 Å². The topological polar surface area (TPSA) is 61.4 Å². The SMILES string of the molecule is CNC(=O)c1ccc(C)c(NC(C)c2cccc(O)c2)c1. The van der Waals surface area contributed by atoms with Crippen LogP contribution < -0.4 is 10.6 Å². The van der Waals surface area contributed by atoms with E-state index in [9.17, 15) is 9.90 Å². The van der Waals surface area contributed by atoms with E-state index in [2.05, 4.69) is 10.6 Å². The number of phenols is 1. The third-order valence-corrected chi connectivity index (χ3v) is 3.47. The van der Waals surface area contributed by atoms with Crippen LogP contribution in [-0.2, 0) is 0 Å². The normalized spacial score (nSPS) is 11.8. The predicted molar refractivity (Wildman–Crippen MR) is 84.7 cm³/mol. The molecule has 0 aliphatic rings. The van der Waals surface area contributed by atoms with Crippen molar-refractivity contribution in [3.8, 4) is 5.75 Å². The van der Waals surface area contributed by atoms with Crippen molar-refractivity contribution in [1.29, 1.82) is 0 Å². The van der Waals surface area contributed by atoms with E-state index in [1.54, 1.807) is 25.2 Å². The molecule has 4 heteroatoms. The molecule has 0 aliphatic carbocycles. The van der Waals surface area contributed by atoms with Crippen LogP contribution in [0.2, 0.25) is 0 Å². The van der Waals surface area contributed by atoms with Crippen molar-refractivity contribution in [3.63, 3.8) is 0 Å². The molecule has 2 rings (SSSR count). The van der Waals surface area contributed by atoms with Gasteiger partial charge in [-0.15, -0.1) is 0 Å². The van der Waals surface area contributed by atoms with Gasteiger partial charge in [-0.3, -0.25) is 4.79 Å². The summed E-state index contributed by atoms with van der Waals surface area (Å²) in [4.78, 5) is 11.7. The number of carbonyl (C=O) groups excluding carboxylic acids is 1. The Hall–Kier alpha value is -2.49. The predicted octanol–water partition coefficient (Wildman–Crippen LogP) is 3.23. The molecule has 0 spiro atoms. The molecule has 0 fully saturated rings. The molecule has 1 atom stereocenters. The number of phenolic OH excluding ortho intramolecular Hbond substituents is 1. The molecule has 2 aromatic rings. The zero-order chi connectivity index (χ0) is 15.4. The highest BCUT2D eigenvalue weighted by atomic mass is 16.3. The van der Waals surface area contributed by atoms with Crippen molar-refractivity contribution in [2.24, 2.45) is 0 Å². The highest BCUT2D eigenvalue weighted by Gasteiger charge is 2.10. The maximum Gasteiger partial charge on any atom is 0.251 e. The molecular formula is C17H20N2O2. The third kappa shape index (κ3) is 3.54. The van der Waals surface area contributed by atoms with Crippen LogP contribution in [0.3, 0.4) is 0 Å². The lowest BCUT2D eigenvalue weighted by Gasteiger charge is -2.18. The number of amides is 1. The molecule has 0 bridgehead atoms. The number of hydrogen-bond donors (Lipinski definition) is 3. The van der Waals surface area contributed by atoms with Crippen LogP contribution >= 0.6 is 0 Å². The van der Waals surface area contributed by atoms with Gasteiger partial charge < -0.3 is 15.7 Å². The molecule has 1 unspecified atom stereocenters. The molecular weight excluding hydrogens is 264 g/mol. The summed E-state index contributed by atoms with van der Waals surface area (Å²) >= 11 is 0. The summed E-state index contributed by atoms with van der Waals surface area (Å²) in [7, 11) is 1.62. The third-order valence-electron chi connectivity index (χ3n) is 3.47. The average molecular weight is 284 g/mol. The minimum atomic E-state index is -0.108. The summed E-state index contributed by atoms with van der Waals surface area (Å²) in [6.45, 7) is 4.01. The number of aromatic hydroxyl groups is 1. The first-order valence-electron chi connectivity index (χ1n) is 6.89. The van der Waals surface area contributed by atoms with Gasteiger partial charge >= 0.3 is 0 Å². The Bertz CT molecular complexity index is 653. The second-order valence-corrected chi connectivity index (χ2v) is 5.07. The molecule has 0 heterocycles. The number of hydrogen-bond acceptors (Lipinski definition) is 3. The Kier molecular flexibility index (Phi) is 4.48. The van der Waals surface area contributed by atoms with E-state index in [0.717, 1.165) is 16.8 Å². The fourth-order valence-corrected chi connectivity index (χ4v) is 2.17. The number of rotatable bonds is 4. The van der Waals surface area contributed by atoms with Crippen LogP contribution in [0.5, 0.6) is 5.75 Å². The van der Waals surface area contributed by atoms with E-state index in [4.69, 9.17) is 0 Å². The fraction of sp³-hybridized carbons (Fsp3) is 0.235. The highest BCUT2D eigenvalue weighted by Crippen LogP contribution is 2.25. The van der Waals surface area contributed by atoms with E-state index in [1.165, 1.54) is 0 Å². The Morgan fingerprint density at radius 2 is 1.95 bits per heavy atom. The lowest BCUT2D eigenvalue weighted by molar-refractivity contribution is 0.0963. The molecule has 0 aromatic heterocycles. The van der Waals surface area contributed by atoms with E-state index < -0.39 is 0 Å². The van der Waals surface area contributed by atoms with Crippen molar-refractivity contribution in [2.45, 2.75) is 19.9 Å². The molecule has 0 saturated carbocycles. The standard InChI is InChI=1S/C17H20N2O2/c1-11-7-8-14(17(21)18-3)10-16(11)19-12(2)13-5-4-6-15(20)9-13/h4-10,12,19-20H,1-3H3,(H,18,21).